The van der Waals surface area contributed by atoms with Gasteiger partial charge in [-0.2, -0.15) is 0 Å². The molecule has 0 N–H and O–H groups in total. The predicted octanol–water partition coefficient (Wildman–Crippen LogP) is -0.714. The minimum absolute atomic E-state index is 0.590. The van der Waals surface area contributed by atoms with E-state index in [0.717, 1.165) is 0 Å². The van der Waals surface area contributed by atoms with Gasteiger partial charge in [-0.25, -0.2) is 0 Å². The van der Waals surface area contributed by atoms with Gasteiger partial charge in [0.1, 0.15) is 0 Å². The molecule has 0 rings (SSSR count). The summed E-state index contributed by atoms with van der Waals surface area (Å²) in [6.07, 6.45) is 5.80. The fourth-order valence-electron chi connectivity index (χ4n) is 0.655. The van der Waals surface area contributed by atoms with Gasteiger partial charge >= 0.3 is 63.2 Å². The third kappa shape index (κ3) is 6.73. The standard InChI is InChI=1S/C7H16I/c1-3-4-5-6-7-8-2/h3-7H2,1-2H3/q-1. The average Bonchev–Trinajstić information content (AvgIpc) is 1.81. The van der Waals surface area contributed by atoms with Gasteiger partial charge in [-0.15, -0.1) is 0 Å². The van der Waals surface area contributed by atoms with Crippen LogP contribution in [-0.2, 0) is 0 Å². The molecule has 0 aromatic heterocycles. The fourth-order valence-corrected chi connectivity index (χ4v) is 1.96. The second-order valence-corrected chi connectivity index (χ2v) is 4.62. The first-order valence-corrected chi connectivity index (χ1v) is 7.04. The molecular formula is C7H16I-. The van der Waals surface area contributed by atoms with Crippen LogP contribution in [-0.4, -0.2) is 9.36 Å². The Labute approximate surface area is 63.3 Å². The van der Waals surface area contributed by atoms with Crippen LogP contribution in [0.3, 0.4) is 0 Å². The molecule has 0 unspecified atom stereocenters. The number of rotatable bonds is 5. The Morgan fingerprint density at radius 1 is 1.12 bits per heavy atom. The molecule has 0 saturated heterocycles. The summed E-state index contributed by atoms with van der Waals surface area (Å²) in [7, 11) is 0. The molecule has 52 valence electrons. The number of halogens is 1. The van der Waals surface area contributed by atoms with E-state index in [1.54, 1.807) is 4.43 Å². The van der Waals surface area contributed by atoms with Gasteiger partial charge in [-0.3, -0.25) is 0 Å². The predicted molar refractivity (Wildman–Crippen MR) is 34.9 cm³/mol. The van der Waals surface area contributed by atoms with Gasteiger partial charge in [0, 0.05) is 0 Å². The summed E-state index contributed by atoms with van der Waals surface area (Å²) in [6.45, 7) is 2.26. The van der Waals surface area contributed by atoms with Crippen LogP contribution in [0.5, 0.6) is 0 Å². The van der Waals surface area contributed by atoms with Crippen LogP contribution in [0.2, 0.25) is 0 Å². The van der Waals surface area contributed by atoms with Gasteiger partial charge in [0.15, 0.2) is 0 Å². The zero-order chi connectivity index (χ0) is 6.24. The van der Waals surface area contributed by atoms with Crippen molar-refractivity contribution < 1.29 is 21.2 Å². The third-order valence-corrected chi connectivity index (χ3v) is 3.02. The van der Waals surface area contributed by atoms with Crippen LogP contribution in [0, 0.1) is 0 Å². The summed E-state index contributed by atoms with van der Waals surface area (Å²) in [5, 5.41) is 0. The van der Waals surface area contributed by atoms with Crippen LogP contribution in [0.1, 0.15) is 32.6 Å². The quantitative estimate of drug-likeness (QED) is 0.330. The summed E-state index contributed by atoms with van der Waals surface area (Å²) in [5.41, 5.74) is 0. The molecule has 0 radical (unpaired) electrons. The van der Waals surface area contributed by atoms with Gasteiger partial charge in [0.05, 0.1) is 0 Å². The summed E-state index contributed by atoms with van der Waals surface area (Å²) in [5.74, 6) is 0. The Morgan fingerprint density at radius 2 is 1.88 bits per heavy atom. The Balaban J connectivity index is 2.53. The molecule has 8 heavy (non-hydrogen) atoms. The second-order valence-electron chi connectivity index (χ2n) is 2.02. The van der Waals surface area contributed by atoms with Crippen LogP contribution >= 0.6 is 0 Å². The molecular weight excluding hydrogens is 211 g/mol. The van der Waals surface area contributed by atoms with Crippen molar-refractivity contribution in [3.05, 3.63) is 0 Å². The average molecular weight is 227 g/mol. The monoisotopic (exact) mass is 227 g/mol. The van der Waals surface area contributed by atoms with Gasteiger partial charge in [0.2, 0.25) is 0 Å². The summed E-state index contributed by atoms with van der Waals surface area (Å²) in [4.78, 5) is 2.37. The summed E-state index contributed by atoms with van der Waals surface area (Å²) in [6, 6.07) is 0. The van der Waals surface area contributed by atoms with Gasteiger partial charge in [0.25, 0.3) is 0 Å². The fraction of sp³-hybridized carbons (Fsp3) is 1.00. The van der Waals surface area contributed by atoms with Crippen molar-refractivity contribution in [2.75, 3.05) is 9.36 Å². The SMILES string of the molecule is CCCCCC[I-]C. The van der Waals surface area contributed by atoms with E-state index in [-0.39, 0.29) is 0 Å². The number of hydrogen-bond donors (Lipinski definition) is 0. The molecule has 0 aromatic rings. The number of alkyl halides is 2. The van der Waals surface area contributed by atoms with Gasteiger partial charge < -0.3 is 0 Å². The first-order chi connectivity index (χ1) is 3.91. The van der Waals surface area contributed by atoms with Crippen molar-refractivity contribution in [3.8, 4) is 0 Å². The molecule has 0 aromatic carbocycles. The Kier molecular flexibility index (Phi) is 8.44. The normalized spacial score (nSPS) is 10.2. The first-order valence-electron chi connectivity index (χ1n) is 3.35. The van der Waals surface area contributed by atoms with E-state index in [1.165, 1.54) is 25.7 Å². The van der Waals surface area contributed by atoms with Gasteiger partial charge in [-0.05, 0) is 0 Å². The van der Waals surface area contributed by atoms with Crippen LogP contribution in [0.4, 0.5) is 0 Å². The van der Waals surface area contributed by atoms with Gasteiger partial charge in [-0.1, -0.05) is 0 Å². The second kappa shape index (κ2) is 7.73. The number of unbranched alkanes of at least 4 members (excludes halogenated alkanes) is 3. The zero-order valence-corrected chi connectivity index (χ0v) is 8.07. The van der Waals surface area contributed by atoms with Crippen molar-refractivity contribution in [1.82, 2.24) is 0 Å². The molecule has 0 amide bonds. The van der Waals surface area contributed by atoms with E-state index < -0.39 is 0 Å². The van der Waals surface area contributed by atoms with Crippen molar-refractivity contribution in [3.63, 3.8) is 0 Å². The van der Waals surface area contributed by atoms with Crippen LogP contribution < -0.4 is 21.2 Å². The number of hydrogen-bond acceptors (Lipinski definition) is 0. The van der Waals surface area contributed by atoms with E-state index in [9.17, 15) is 0 Å². The maximum absolute atomic E-state index is 2.37. The molecule has 0 bridgehead atoms. The topological polar surface area (TPSA) is 0 Å². The van der Waals surface area contributed by atoms with Crippen LogP contribution in [0.15, 0.2) is 0 Å². The maximum atomic E-state index is 2.37. The van der Waals surface area contributed by atoms with Crippen LogP contribution in [0.25, 0.3) is 0 Å². The van der Waals surface area contributed by atoms with E-state index in [4.69, 9.17) is 0 Å². The molecule has 1 heteroatoms. The summed E-state index contributed by atoms with van der Waals surface area (Å²) < 4.78 is 1.54. The molecule has 0 heterocycles. The Bertz CT molecular complexity index is 29.4. The zero-order valence-electron chi connectivity index (χ0n) is 5.91. The van der Waals surface area contributed by atoms with Crippen molar-refractivity contribution in [2.24, 2.45) is 0 Å². The van der Waals surface area contributed by atoms with E-state index in [0.29, 0.717) is 21.2 Å². The minimum atomic E-state index is 0.590. The Hall–Kier alpha value is 0.730. The Morgan fingerprint density at radius 3 is 2.38 bits per heavy atom. The molecule has 0 spiro atoms. The first kappa shape index (κ1) is 8.73. The van der Waals surface area contributed by atoms with E-state index >= 15 is 0 Å². The molecule has 0 saturated carbocycles. The third-order valence-electron chi connectivity index (χ3n) is 1.18. The van der Waals surface area contributed by atoms with Crippen molar-refractivity contribution in [2.45, 2.75) is 32.6 Å². The van der Waals surface area contributed by atoms with Crippen molar-refractivity contribution in [1.29, 1.82) is 0 Å². The van der Waals surface area contributed by atoms with E-state index in [1.807, 2.05) is 0 Å². The molecule has 0 atom stereocenters. The molecule has 0 nitrogen and oxygen atoms in total. The van der Waals surface area contributed by atoms with E-state index in [2.05, 4.69) is 11.9 Å². The summed E-state index contributed by atoms with van der Waals surface area (Å²) >= 11 is 0.590. The molecule has 0 aliphatic carbocycles. The van der Waals surface area contributed by atoms with Crippen molar-refractivity contribution >= 4 is 0 Å². The molecule has 0 fully saturated rings. The molecule has 0 aliphatic heterocycles. The molecule has 0 aliphatic rings.